The molecular formula is C28H40N2O3S2. The number of fused-ring (bicyclic) bond motifs is 1. The number of aromatic hydroxyl groups is 1. The van der Waals surface area contributed by atoms with E-state index in [4.69, 9.17) is 0 Å². The van der Waals surface area contributed by atoms with Gasteiger partial charge in [0.1, 0.15) is 11.5 Å². The van der Waals surface area contributed by atoms with Crippen molar-refractivity contribution < 1.29 is 14.5 Å². The van der Waals surface area contributed by atoms with Crippen LogP contribution < -0.4 is 10.2 Å². The Hall–Kier alpha value is -1.83. The van der Waals surface area contributed by atoms with Crippen molar-refractivity contribution in [1.82, 2.24) is 5.32 Å². The normalized spacial score (nSPS) is 17.2. The summed E-state index contributed by atoms with van der Waals surface area (Å²) in [5.74, 6) is 0.697. The zero-order valence-electron chi connectivity index (χ0n) is 21.7. The van der Waals surface area contributed by atoms with Crippen molar-refractivity contribution >= 4 is 40.2 Å². The number of hydrogen-bond acceptors (Lipinski definition) is 5. The van der Waals surface area contributed by atoms with E-state index in [9.17, 15) is 14.5 Å². The lowest BCUT2D eigenvalue weighted by atomic mass is 9.79. The highest BCUT2D eigenvalue weighted by atomic mass is 32.2. The molecule has 0 aromatic heterocycles. The van der Waals surface area contributed by atoms with E-state index in [2.05, 4.69) is 24.1 Å². The Balaban J connectivity index is 2.10. The van der Waals surface area contributed by atoms with E-state index in [1.165, 1.54) is 11.8 Å². The second-order valence-corrected chi connectivity index (χ2v) is 12.2. The number of anilines is 2. The molecule has 0 saturated carbocycles. The molecule has 2 aromatic rings. The molecule has 1 atom stereocenters. The van der Waals surface area contributed by atoms with E-state index in [1.807, 2.05) is 50.4 Å². The Kier molecular flexibility index (Phi) is 9.85. The van der Waals surface area contributed by atoms with Gasteiger partial charge in [0, 0.05) is 35.3 Å². The van der Waals surface area contributed by atoms with Crippen molar-refractivity contribution in [2.24, 2.45) is 5.41 Å². The third-order valence-corrected chi connectivity index (χ3v) is 9.17. The minimum atomic E-state index is -1.22. The molecule has 5 nitrogen and oxygen atoms in total. The van der Waals surface area contributed by atoms with Crippen LogP contribution in [0.25, 0.3) is 0 Å². The molecule has 0 saturated heterocycles. The summed E-state index contributed by atoms with van der Waals surface area (Å²) in [5.41, 5.74) is 2.40. The Labute approximate surface area is 218 Å². The average molecular weight is 517 g/mol. The maximum Gasteiger partial charge on any atom is 0.251 e. The standard InChI is InChI=1S/C28H40N2O3S2/c1-6-8-14-28(15-9-7-2)18-30(22-12-10-21(11-13-22)27(32)29-20(3)4)23-16-25(34-5)24(31)17-26(23)35(33)19-28/h10-13,16-17,20,31H,6-9,14-15,18-19H2,1-5H3,(H,29,32). The molecule has 35 heavy (non-hydrogen) atoms. The van der Waals surface area contributed by atoms with Crippen LogP contribution in [-0.2, 0) is 11.2 Å². The maximum atomic E-state index is 13.7. The molecule has 0 spiro atoms. The van der Waals surface area contributed by atoms with Crippen molar-refractivity contribution in [3.05, 3.63) is 42.0 Å². The number of benzene rings is 2. The first-order valence-electron chi connectivity index (χ1n) is 12.7. The van der Waals surface area contributed by atoms with E-state index in [0.29, 0.717) is 16.2 Å². The van der Waals surface area contributed by atoms with Gasteiger partial charge in [-0.15, -0.1) is 11.8 Å². The van der Waals surface area contributed by atoms with Crippen LogP contribution in [-0.4, -0.2) is 40.2 Å². The number of nitrogens with zero attached hydrogens (tertiary/aromatic N) is 1. The molecular weight excluding hydrogens is 476 g/mol. The minimum Gasteiger partial charge on any atom is -0.611 e. The Morgan fingerprint density at radius 2 is 1.80 bits per heavy atom. The predicted octanol–water partition coefficient (Wildman–Crippen LogP) is 6.88. The number of rotatable bonds is 10. The molecule has 1 unspecified atom stereocenters. The van der Waals surface area contributed by atoms with E-state index >= 15 is 0 Å². The van der Waals surface area contributed by atoms with Gasteiger partial charge in [0.15, 0.2) is 4.90 Å². The average Bonchev–Trinajstić information content (AvgIpc) is 2.95. The number of carbonyl (C=O) groups is 1. The fraction of sp³-hybridized carbons (Fsp3) is 0.536. The number of phenolic OH excluding ortho intramolecular Hbond substituents is 1. The predicted molar refractivity (Wildman–Crippen MR) is 149 cm³/mol. The van der Waals surface area contributed by atoms with Crippen molar-refractivity contribution in [2.45, 2.75) is 82.1 Å². The first-order chi connectivity index (χ1) is 16.7. The zero-order valence-corrected chi connectivity index (χ0v) is 23.4. The molecule has 3 rings (SSSR count). The highest BCUT2D eigenvalue weighted by Crippen LogP contribution is 2.47. The van der Waals surface area contributed by atoms with Crippen molar-refractivity contribution in [3.8, 4) is 5.75 Å². The van der Waals surface area contributed by atoms with Gasteiger partial charge in [0.05, 0.1) is 10.6 Å². The number of thioether (sulfide) groups is 1. The van der Waals surface area contributed by atoms with Gasteiger partial charge in [0.2, 0.25) is 0 Å². The van der Waals surface area contributed by atoms with Crippen molar-refractivity contribution in [3.63, 3.8) is 0 Å². The van der Waals surface area contributed by atoms with Crippen LogP contribution in [0.1, 0.15) is 76.6 Å². The minimum absolute atomic E-state index is 0.0741. The summed E-state index contributed by atoms with van der Waals surface area (Å²) >= 11 is 0.267. The molecule has 2 aromatic carbocycles. The molecule has 7 heteroatoms. The van der Waals surface area contributed by atoms with Crippen LogP contribution in [0.5, 0.6) is 5.75 Å². The van der Waals surface area contributed by atoms with E-state index in [0.717, 1.165) is 61.3 Å². The lowest BCUT2D eigenvalue weighted by molar-refractivity contribution is 0.0943. The van der Waals surface area contributed by atoms with Gasteiger partial charge in [-0.05, 0) is 74.5 Å². The number of amides is 1. The molecule has 0 aliphatic carbocycles. The van der Waals surface area contributed by atoms with E-state index < -0.39 is 11.2 Å². The van der Waals surface area contributed by atoms with Crippen LogP contribution >= 0.6 is 11.8 Å². The first-order valence-corrected chi connectivity index (χ1v) is 15.3. The molecule has 192 valence electrons. The lowest BCUT2D eigenvalue weighted by Crippen LogP contribution is -2.38. The molecule has 0 bridgehead atoms. The smallest absolute Gasteiger partial charge is 0.251 e. The molecule has 1 heterocycles. The molecule has 2 N–H and O–H groups in total. The zero-order chi connectivity index (χ0) is 25.6. The summed E-state index contributed by atoms with van der Waals surface area (Å²) in [7, 11) is 0. The number of nitrogens with one attached hydrogen (secondary N) is 1. The molecule has 1 aliphatic heterocycles. The summed E-state index contributed by atoms with van der Waals surface area (Å²) in [5, 5.41) is 13.5. The summed E-state index contributed by atoms with van der Waals surface area (Å²) in [4.78, 5) is 16.2. The van der Waals surface area contributed by atoms with Gasteiger partial charge in [-0.2, -0.15) is 0 Å². The molecule has 0 fully saturated rings. The van der Waals surface area contributed by atoms with Gasteiger partial charge < -0.3 is 19.9 Å². The number of phenols is 1. The number of hydrogen-bond donors (Lipinski definition) is 2. The first kappa shape index (κ1) is 27.8. The molecule has 0 radical (unpaired) electrons. The van der Waals surface area contributed by atoms with Crippen molar-refractivity contribution in [2.75, 3.05) is 23.5 Å². The topological polar surface area (TPSA) is 75.6 Å². The SMILES string of the molecule is CCCCC1(CCCC)CN(c2ccc(C(=O)NC(C)C)cc2)c2cc(SC)c(O)cc2[S+]([O-])C1. The second kappa shape index (κ2) is 12.4. The fourth-order valence-electron chi connectivity index (χ4n) is 4.82. The summed E-state index contributed by atoms with van der Waals surface area (Å²) in [6.45, 7) is 9.08. The second-order valence-electron chi connectivity index (χ2n) is 9.95. The lowest BCUT2D eigenvalue weighted by Gasteiger charge is -2.36. The van der Waals surface area contributed by atoms with Gasteiger partial charge in [0.25, 0.3) is 5.91 Å². The largest absolute Gasteiger partial charge is 0.611 e. The van der Waals surface area contributed by atoms with E-state index in [-0.39, 0.29) is 23.1 Å². The van der Waals surface area contributed by atoms with Gasteiger partial charge in [-0.1, -0.05) is 39.5 Å². The van der Waals surface area contributed by atoms with Gasteiger partial charge >= 0.3 is 0 Å². The van der Waals surface area contributed by atoms with Crippen LogP contribution in [0.15, 0.2) is 46.2 Å². The van der Waals surface area contributed by atoms with Crippen LogP contribution in [0.3, 0.4) is 0 Å². The Morgan fingerprint density at radius 3 is 2.34 bits per heavy atom. The molecule has 1 aliphatic rings. The quantitative estimate of drug-likeness (QED) is 0.266. The van der Waals surface area contributed by atoms with Gasteiger partial charge in [-0.25, -0.2) is 0 Å². The fourth-order valence-corrected chi connectivity index (χ4v) is 7.05. The van der Waals surface area contributed by atoms with Crippen molar-refractivity contribution in [1.29, 1.82) is 0 Å². The monoisotopic (exact) mass is 516 g/mol. The van der Waals surface area contributed by atoms with Crippen LogP contribution in [0.4, 0.5) is 11.4 Å². The van der Waals surface area contributed by atoms with E-state index in [1.54, 1.807) is 6.07 Å². The summed E-state index contributed by atoms with van der Waals surface area (Å²) < 4.78 is 13.7. The highest BCUT2D eigenvalue weighted by molar-refractivity contribution is 7.98. The van der Waals surface area contributed by atoms with Crippen LogP contribution in [0, 0.1) is 5.41 Å². The Morgan fingerprint density at radius 1 is 1.17 bits per heavy atom. The third-order valence-electron chi connectivity index (χ3n) is 6.71. The Bertz CT molecular complexity index is 986. The molecule has 1 amide bonds. The third kappa shape index (κ3) is 6.69. The summed E-state index contributed by atoms with van der Waals surface area (Å²) in [6.07, 6.45) is 8.39. The van der Waals surface area contributed by atoms with Gasteiger partial charge in [-0.3, -0.25) is 4.79 Å². The number of unbranched alkanes of at least 4 members (excludes halogenated alkanes) is 2. The highest BCUT2D eigenvalue weighted by Gasteiger charge is 2.42. The maximum absolute atomic E-state index is 13.7. The summed E-state index contributed by atoms with van der Waals surface area (Å²) in [6, 6.07) is 11.5. The van der Waals surface area contributed by atoms with Crippen LogP contribution in [0.2, 0.25) is 0 Å². The number of carbonyl (C=O) groups excluding carboxylic acids is 1.